The van der Waals surface area contributed by atoms with Crippen LogP contribution >= 0.6 is 0 Å². The van der Waals surface area contributed by atoms with Gasteiger partial charge < -0.3 is 47.7 Å². The minimum atomic E-state index is -5.08. The standard InChI is InChI=1S/C39H53N7O6.C2HF3O2/c1-25(2)20-31(33(47)23-34(48)42-19-18-27-12-7-5-8-13-27)44-37(50)35(26(3)4)46-36(49)32(22-29-16-11-17-30(21-29)43-38(40)41)45-39(51)52-24-28-14-9-6-10-15-28;3-2(4,5)1(6)7/h5-17,21,25-26,31-33,35,47H,18-20,22-24H2,1-4H3,(H,42,48)(H,44,50)(H,45,51)(H,46,49)(H4,40,41,43);(H,6,7)/t31-,32-,33-,35-;/m0./s1. The molecular weight excluding hydrogens is 775 g/mol. The third kappa shape index (κ3) is 19.7. The summed E-state index contributed by atoms with van der Waals surface area (Å²) in [7, 11) is 0. The number of carboxylic acids is 1. The highest BCUT2D eigenvalue weighted by atomic mass is 19.4. The molecule has 0 aliphatic carbocycles. The average Bonchev–Trinajstić information content (AvgIpc) is 3.15. The van der Waals surface area contributed by atoms with Crippen molar-refractivity contribution in [3.8, 4) is 0 Å². The second-order valence-electron chi connectivity index (χ2n) is 14.3. The highest BCUT2D eigenvalue weighted by molar-refractivity contribution is 5.92. The van der Waals surface area contributed by atoms with E-state index >= 15 is 0 Å². The third-order valence-corrected chi connectivity index (χ3v) is 8.41. The van der Waals surface area contributed by atoms with Gasteiger partial charge in [0.05, 0.1) is 24.3 Å². The molecule has 15 nitrogen and oxygen atoms in total. The molecule has 0 heterocycles. The van der Waals surface area contributed by atoms with Crippen LogP contribution in [-0.2, 0) is 43.4 Å². The molecule has 3 aromatic rings. The fourth-order valence-electron chi connectivity index (χ4n) is 5.53. The molecule has 0 bridgehead atoms. The lowest BCUT2D eigenvalue weighted by atomic mass is 9.95. The first-order chi connectivity index (χ1) is 27.7. The van der Waals surface area contributed by atoms with Crippen LogP contribution in [0.1, 0.15) is 57.2 Å². The Morgan fingerprint density at radius 1 is 0.797 bits per heavy atom. The van der Waals surface area contributed by atoms with Crippen molar-refractivity contribution in [1.29, 1.82) is 0 Å². The summed E-state index contributed by atoms with van der Waals surface area (Å²) in [5.74, 6) is -4.68. The van der Waals surface area contributed by atoms with Crippen LogP contribution in [0.3, 0.4) is 0 Å². The molecule has 18 heteroatoms. The average molecular weight is 830 g/mol. The molecule has 0 fully saturated rings. The van der Waals surface area contributed by atoms with Crippen LogP contribution in [-0.4, -0.2) is 82.9 Å². The first-order valence-electron chi connectivity index (χ1n) is 18.8. The van der Waals surface area contributed by atoms with Crippen LogP contribution in [0.4, 0.5) is 23.7 Å². The number of aliphatic carboxylic acids is 1. The van der Waals surface area contributed by atoms with Crippen molar-refractivity contribution in [1.82, 2.24) is 21.3 Å². The van der Waals surface area contributed by atoms with Crippen LogP contribution in [0.25, 0.3) is 0 Å². The van der Waals surface area contributed by atoms with E-state index in [1.54, 1.807) is 50.2 Å². The maximum Gasteiger partial charge on any atom is 0.490 e. The minimum absolute atomic E-state index is 0.0113. The van der Waals surface area contributed by atoms with Gasteiger partial charge in [-0.15, -0.1) is 0 Å². The van der Waals surface area contributed by atoms with Gasteiger partial charge in [-0.3, -0.25) is 14.4 Å². The van der Waals surface area contributed by atoms with Crippen LogP contribution in [0.2, 0.25) is 0 Å². The number of aliphatic imine (C=N–C) groups is 1. The third-order valence-electron chi connectivity index (χ3n) is 8.41. The van der Waals surface area contributed by atoms with E-state index in [0.717, 1.165) is 11.1 Å². The lowest BCUT2D eigenvalue weighted by molar-refractivity contribution is -0.192. The number of aliphatic hydroxyl groups is 1. The zero-order valence-corrected chi connectivity index (χ0v) is 33.4. The van der Waals surface area contributed by atoms with Gasteiger partial charge in [0.25, 0.3) is 0 Å². The van der Waals surface area contributed by atoms with Crippen molar-refractivity contribution in [2.24, 2.45) is 28.3 Å². The lowest BCUT2D eigenvalue weighted by Crippen LogP contribution is -2.58. The molecule has 0 unspecified atom stereocenters. The maximum atomic E-state index is 13.9. The number of nitrogens with one attached hydrogen (secondary N) is 4. The van der Waals surface area contributed by atoms with Crippen molar-refractivity contribution in [3.05, 3.63) is 102 Å². The Morgan fingerprint density at radius 2 is 1.37 bits per heavy atom. The molecule has 0 aliphatic rings. The summed E-state index contributed by atoms with van der Waals surface area (Å²) in [5.41, 5.74) is 14.0. The summed E-state index contributed by atoms with van der Waals surface area (Å²) in [6.07, 6.45) is -6.21. The smallest absolute Gasteiger partial charge is 0.475 e. The van der Waals surface area contributed by atoms with Gasteiger partial charge in [-0.25, -0.2) is 14.6 Å². The lowest BCUT2D eigenvalue weighted by Gasteiger charge is -2.30. The van der Waals surface area contributed by atoms with Crippen LogP contribution in [0.5, 0.6) is 0 Å². The molecule has 0 saturated carbocycles. The summed E-state index contributed by atoms with van der Waals surface area (Å²) in [6.45, 7) is 7.84. The predicted octanol–water partition coefficient (Wildman–Crippen LogP) is 3.84. The number of hydrogen-bond acceptors (Lipinski definition) is 8. The summed E-state index contributed by atoms with van der Waals surface area (Å²) in [6, 6.07) is 22.7. The van der Waals surface area contributed by atoms with E-state index in [1.807, 2.05) is 62.4 Å². The maximum absolute atomic E-state index is 13.9. The summed E-state index contributed by atoms with van der Waals surface area (Å²) < 4.78 is 37.1. The van der Waals surface area contributed by atoms with E-state index in [1.165, 1.54) is 0 Å². The number of amides is 4. The van der Waals surface area contributed by atoms with Gasteiger partial charge in [-0.1, -0.05) is 100 Å². The molecule has 0 spiro atoms. The number of nitrogens with two attached hydrogens (primary N) is 2. The van der Waals surface area contributed by atoms with E-state index in [4.69, 9.17) is 26.1 Å². The molecule has 4 atom stereocenters. The van der Waals surface area contributed by atoms with Crippen LogP contribution < -0.4 is 32.7 Å². The second-order valence-corrected chi connectivity index (χ2v) is 14.3. The molecule has 10 N–H and O–H groups in total. The predicted molar refractivity (Wildman–Crippen MR) is 215 cm³/mol. The molecule has 4 amide bonds. The van der Waals surface area contributed by atoms with E-state index in [0.29, 0.717) is 30.6 Å². The van der Waals surface area contributed by atoms with Crippen molar-refractivity contribution in [2.75, 3.05) is 6.54 Å². The van der Waals surface area contributed by atoms with E-state index in [9.17, 15) is 37.5 Å². The Bertz CT molecular complexity index is 1830. The van der Waals surface area contributed by atoms with E-state index < -0.39 is 54.3 Å². The normalized spacial score (nSPS) is 13.1. The van der Waals surface area contributed by atoms with Gasteiger partial charge in [0, 0.05) is 13.0 Å². The largest absolute Gasteiger partial charge is 0.490 e. The fraction of sp³-hybridized carbons (Fsp3) is 0.415. The molecule has 322 valence electrons. The van der Waals surface area contributed by atoms with Gasteiger partial charge in [0.2, 0.25) is 17.7 Å². The Kier molecular flexibility index (Phi) is 20.4. The number of carboxylic acid groups (broad SMARTS) is 1. The number of benzene rings is 3. The highest BCUT2D eigenvalue weighted by Crippen LogP contribution is 2.17. The van der Waals surface area contributed by atoms with Gasteiger partial charge in [-0.2, -0.15) is 13.2 Å². The van der Waals surface area contributed by atoms with E-state index in [2.05, 4.69) is 26.3 Å². The number of alkyl carbamates (subject to hydrolysis) is 1. The Morgan fingerprint density at radius 3 is 1.92 bits per heavy atom. The molecule has 0 aromatic heterocycles. The van der Waals surface area contributed by atoms with Crippen molar-refractivity contribution < 1.29 is 52.1 Å². The summed E-state index contributed by atoms with van der Waals surface area (Å²) in [4.78, 5) is 66.2. The number of hydrogen-bond donors (Lipinski definition) is 8. The Hall–Kier alpha value is -6.17. The number of guanidine groups is 1. The zero-order valence-electron chi connectivity index (χ0n) is 33.4. The van der Waals surface area contributed by atoms with Gasteiger partial charge in [0.15, 0.2) is 5.96 Å². The monoisotopic (exact) mass is 829 g/mol. The number of halogens is 3. The number of carbonyl (C=O) groups is 5. The molecule has 0 aliphatic heterocycles. The molecule has 59 heavy (non-hydrogen) atoms. The number of aliphatic hydroxyl groups excluding tert-OH is 1. The number of nitrogens with zero attached hydrogens (tertiary/aromatic N) is 1. The second kappa shape index (κ2) is 24.6. The quantitative estimate of drug-likeness (QED) is 0.0641. The van der Waals surface area contributed by atoms with Gasteiger partial charge >= 0.3 is 18.2 Å². The van der Waals surface area contributed by atoms with Crippen molar-refractivity contribution in [3.63, 3.8) is 0 Å². The fourth-order valence-corrected chi connectivity index (χ4v) is 5.53. The Labute approximate surface area is 341 Å². The number of ether oxygens (including phenoxy) is 1. The molecule has 0 radical (unpaired) electrons. The van der Waals surface area contributed by atoms with Gasteiger partial charge in [0.1, 0.15) is 18.7 Å². The first kappa shape index (κ1) is 49.0. The summed E-state index contributed by atoms with van der Waals surface area (Å²) in [5, 5.41) is 29.4. The highest BCUT2D eigenvalue weighted by Gasteiger charge is 2.38. The van der Waals surface area contributed by atoms with Crippen molar-refractivity contribution >= 4 is 41.4 Å². The number of rotatable bonds is 19. The summed E-state index contributed by atoms with van der Waals surface area (Å²) >= 11 is 0. The zero-order chi connectivity index (χ0) is 44.1. The van der Waals surface area contributed by atoms with E-state index in [-0.39, 0.29) is 43.2 Å². The molecule has 0 saturated heterocycles. The number of carbonyl (C=O) groups excluding carboxylic acids is 4. The first-order valence-corrected chi connectivity index (χ1v) is 18.8. The molecule has 3 rings (SSSR count). The van der Waals surface area contributed by atoms with Crippen molar-refractivity contribution in [2.45, 2.75) is 90.4 Å². The molecular formula is C41H54F3N7O8. The van der Waals surface area contributed by atoms with Gasteiger partial charge in [-0.05, 0) is 53.5 Å². The Balaban J connectivity index is 0.00000157. The van der Waals surface area contributed by atoms with Crippen LogP contribution in [0.15, 0.2) is 89.9 Å². The SMILES string of the molecule is CC(C)C[C@H](NC(=O)[C@@H](NC(=O)[C@H](Cc1cccc(N=C(N)N)c1)NC(=O)OCc1ccccc1)C(C)C)[C@@H](O)CC(=O)NCCc1ccccc1.O=C(O)C(F)(F)F. The number of alkyl halides is 3. The minimum Gasteiger partial charge on any atom is -0.475 e. The topological polar surface area (TPSA) is 248 Å². The van der Waals surface area contributed by atoms with Crippen LogP contribution in [0, 0.1) is 11.8 Å². The molecule has 3 aromatic carbocycles.